The SMILES string of the molecule is CCOC(=O)c1ccc2nc(NC3(O)CO3)[nH]c2c1. The molecule has 1 aromatic carbocycles. The first-order valence-electron chi connectivity index (χ1n) is 5.91. The number of rotatable bonds is 4. The summed E-state index contributed by atoms with van der Waals surface area (Å²) < 4.78 is 9.73. The molecule has 1 aliphatic heterocycles. The highest BCUT2D eigenvalue weighted by atomic mass is 16.7. The van der Waals surface area contributed by atoms with Crippen molar-refractivity contribution in [2.24, 2.45) is 0 Å². The molecular weight excluding hydrogens is 250 g/mol. The van der Waals surface area contributed by atoms with Crippen LogP contribution in [0.15, 0.2) is 18.2 Å². The highest BCUT2D eigenvalue weighted by Gasteiger charge is 2.43. The van der Waals surface area contributed by atoms with Crippen molar-refractivity contribution in [1.29, 1.82) is 0 Å². The van der Waals surface area contributed by atoms with Crippen molar-refractivity contribution in [2.45, 2.75) is 12.8 Å². The summed E-state index contributed by atoms with van der Waals surface area (Å²) in [5.74, 6) is -1.31. The molecular formula is C12H13N3O4. The van der Waals surface area contributed by atoms with Crippen molar-refractivity contribution >= 4 is 23.0 Å². The van der Waals surface area contributed by atoms with Gasteiger partial charge < -0.3 is 24.9 Å². The minimum absolute atomic E-state index is 0.220. The average Bonchev–Trinajstić information content (AvgIpc) is 2.96. The van der Waals surface area contributed by atoms with E-state index in [-0.39, 0.29) is 12.6 Å². The fourth-order valence-corrected chi connectivity index (χ4v) is 1.74. The summed E-state index contributed by atoms with van der Waals surface area (Å²) in [7, 11) is 0. The quantitative estimate of drug-likeness (QED) is 0.429. The van der Waals surface area contributed by atoms with Crippen LogP contribution < -0.4 is 5.32 Å². The van der Waals surface area contributed by atoms with Gasteiger partial charge in [-0.1, -0.05) is 0 Å². The van der Waals surface area contributed by atoms with Crippen LogP contribution in [0.2, 0.25) is 0 Å². The third kappa shape index (κ3) is 2.38. The van der Waals surface area contributed by atoms with Crippen LogP contribution in [0.4, 0.5) is 5.95 Å². The smallest absolute Gasteiger partial charge is 0.338 e. The number of anilines is 1. The number of aliphatic hydroxyl groups is 1. The van der Waals surface area contributed by atoms with E-state index in [4.69, 9.17) is 9.47 Å². The molecule has 2 aromatic rings. The minimum atomic E-state index is -1.32. The maximum atomic E-state index is 11.6. The zero-order chi connectivity index (χ0) is 13.5. The first kappa shape index (κ1) is 11.9. The third-order valence-electron chi connectivity index (χ3n) is 2.72. The number of nitrogens with zero attached hydrogens (tertiary/aromatic N) is 1. The Morgan fingerprint density at radius 2 is 2.47 bits per heavy atom. The Bertz CT molecular complexity index is 633. The third-order valence-corrected chi connectivity index (χ3v) is 2.72. The lowest BCUT2D eigenvalue weighted by molar-refractivity contribution is 0.0526. The molecule has 1 atom stereocenters. The van der Waals surface area contributed by atoms with Crippen LogP contribution in [0.25, 0.3) is 11.0 Å². The molecule has 2 heterocycles. The van der Waals surface area contributed by atoms with Crippen LogP contribution in [-0.4, -0.2) is 40.2 Å². The van der Waals surface area contributed by atoms with Gasteiger partial charge in [-0.05, 0) is 25.1 Å². The van der Waals surface area contributed by atoms with E-state index in [1.165, 1.54) is 0 Å². The van der Waals surface area contributed by atoms with Gasteiger partial charge in [0, 0.05) is 0 Å². The van der Waals surface area contributed by atoms with Gasteiger partial charge in [-0.25, -0.2) is 9.78 Å². The Morgan fingerprint density at radius 3 is 3.16 bits per heavy atom. The number of hydrogen-bond acceptors (Lipinski definition) is 6. The van der Waals surface area contributed by atoms with E-state index in [1.54, 1.807) is 25.1 Å². The summed E-state index contributed by atoms with van der Waals surface area (Å²) in [6.45, 7) is 2.31. The average molecular weight is 263 g/mol. The molecule has 100 valence electrons. The van der Waals surface area contributed by atoms with E-state index in [1.807, 2.05) is 0 Å². The number of H-pyrrole nitrogens is 1. The molecule has 0 radical (unpaired) electrons. The second-order valence-corrected chi connectivity index (χ2v) is 4.24. The molecule has 1 fully saturated rings. The topological polar surface area (TPSA) is 99.8 Å². The Morgan fingerprint density at radius 1 is 1.68 bits per heavy atom. The van der Waals surface area contributed by atoms with Gasteiger partial charge in [0.15, 0.2) is 0 Å². The van der Waals surface area contributed by atoms with E-state index in [9.17, 15) is 9.90 Å². The number of esters is 1. The van der Waals surface area contributed by atoms with Gasteiger partial charge in [0.05, 0.1) is 23.2 Å². The summed E-state index contributed by atoms with van der Waals surface area (Å²) in [6, 6.07) is 5.01. The number of aromatic nitrogens is 2. The minimum Gasteiger partial charge on any atom is -0.462 e. The van der Waals surface area contributed by atoms with Gasteiger partial charge in [0.1, 0.15) is 6.61 Å². The Kier molecular flexibility index (Phi) is 2.65. The molecule has 0 aliphatic carbocycles. The molecule has 0 amide bonds. The van der Waals surface area contributed by atoms with Crippen LogP contribution in [0.5, 0.6) is 0 Å². The number of epoxide rings is 1. The fraction of sp³-hybridized carbons (Fsp3) is 0.333. The number of hydrogen-bond donors (Lipinski definition) is 3. The molecule has 0 saturated carbocycles. The van der Waals surface area contributed by atoms with Crippen molar-refractivity contribution in [1.82, 2.24) is 9.97 Å². The maximum Gasteiger partial charge on any atom is 0.338 e. The largest absolute Gasteiger partial charge is 0.462 e. The molecule has 19 heavy (non-hydrogen) atoms. The molecule has 0 bridgehead atoms. The molecule has 7 nitrogen and oxygen atoms in total. The fourth-order valence-electron chi connectivity index (χ4n) is 1.74. The number of benzene rings is 1. The first-order chi connectivity index (χ1) is 9.09. The summed E-state index contributed by atoms with van der Waals surface area (Å²) >= 11 is 0. The van der Waals surface area contributed by atoms with Crippen LogP contribution in [-0.2, 0) is 9.47 Å². The summed E-state index contributed by atoms with van der Waals surface area (Å²) in [6.07, 6.45) is 0. The van der Waals surface area contributed by atoms with E-state index in [0.29, 0.717) is 29.2 Å². The molecule has 1 unspecified atom stereocenters. The van der Waals surface area contributed by atoms with Crippen molar-refractivity contribution in [3.8, 4) is 0 Å². The van der Waals surface area contributed by atoms with E-state index >= 15 is 0 Å². The van der Waals surface area contributed by atoms with Crippen molar-refractivity contribution in [2.75, 3.05) is 18.5 Å². The molecule has 3 rings (SSSR count). The molecule has 1 aliphatic rings. The normalized spacial score (nSPS) is 21.4. The lowest BCUT2D eigenvalue weighted by atomic mass is 10.2. The zero-order valence-electron chi connectivity index (χ0n) is 10.3. The zero-order valence-corrected chi connectivity index (χ0v) is 10.3. The molecule has 1 aromatic heterocycles. The highest BCUT2D eigenvalue weighted by Crippen LogP contribution is 2.25. The number of ether oxygens (including phenoxy) is 2. The number of fused-ring (bicyclic) bond motifs is 1. The van der Waals surface area contributed by atoms with Gasteiger partial charge in [-0.2, -0.15) is 0 Å². The monoisotopic (exact) mass is 263 g/mol. The van der Waals surface area contributed by atoms with Crippen LogP contribution >= 0.6 is 0 Å². The number of aromatic amines is 1. The lowest BCUT2D eigenvalue weighted by Crippen LogP contribution is -2.22. The number of nitrogens with one attached hydrogen (secondary N) is 2. The van der Waals surface area contributed by atoms with E-state index < -0.39 is 5.91 Å². The lowest BCUT2D eigenvalue weighted by Gasteiger charge is -2.03. The van der Waals surface area contributed by atoms with Crippen molar-refractivity contribution in [3.63, 3.8) is 0 Å². The maximum absolute atomic E-state index is 11.6. The van der Waals surface area contributed by atoms with Gasteiger partial charge in [-0.3, -0.25) is 0 Å². The van der Waals surface area contributed by atoms with E-state index in [0.717, 1.165) is 0 Å². The standard InChI is InChI=1S/C12H13N3O4/c1-2-18-10(16)7-3-4-8-9(5-7)14-11(13-8)15-12(17)6-19-12/h3-5,17H,2,6H2,1H3,(H2,13,14,15). The van der Waals surface area contributed by atoms with Crippen molar-refractivity contribution < 1.29 is 19.4 Å². The summed E-state index contributed by atoms with van der Waals surface area (Å²) in [5, 5.41) is 12.3. The molecule has 1 saturated heterocycles. The van der Waals surface area contributed by atoms with E-state index in [2.05, 4.69) is 15.3 Å². The Hall–Kier alpha value is -2.12. The molecule has 7 heteroatoms. The predicted molar refractivity (Wildman–Crippen MR) is 66.6 cm³/mol. The second-order valence-electron chi connectivity index (χ2n) is 4.24. The van der Waals surface area contributed by atoms with Crippen LogP contribution in [0.3, 0.4) is 0 Å². The van der Waals surface area contributed by atoms with Gasteiger partial charge in [-0.15, -0.1) is 0 Å². The Labute approximate surface area is 108 Å². The number of carbonyl (C=O) groups excluding carboxylic acids is 1. The number of imidazole rings is 1. The Balaban J connectivity index is 1.88. The first-order valence-corrected chi connectivity index (χ1v) is 5.91. The van der Waals surface area contributed by atoms with Crippen molar-refractivity contribution in [3.05, 3.63) is 23.8 Å². The summed E-state index contributed by atoms with van der Waals surface area (Å²) in [4.78, 5) is 18.8. The van der Waals surface area contributed by atoms with Gasteiger partial charge >= 0.3 is 5.97 Å². The molecule has 0 spiro atoms. The van der Waals surface area contributed by atoms with Crippen LogP contribution in [0, 0.1) is 0 Å². The van der Waals surface area contributed by atoms with Crippen LogP contribution in [0.1, 0.15) is 17.3 Å². The van der Waals surface area contributed by atoms with Gasteiger partial charge in [0.2, 0.25) is 5.95 Å². The highest BCUT2D eigenvalue weighted by molar-refractivity contribution is 5.94. The predicted octanol–water partition coefficient (Wildman–Crippen LogP) is 0.828. The molecule has 3 N–H and O–H groups in total. The number of carbonyl (C=O) groups is 1. The summed E-state index contributed by atoms with van der Waals surface area (Å²) in [5.41, 5.74) is 1.81. The second kappa shape index (κ2) is 4.22. The van der Waals surface area contributed by atoms with Gasteiger partial charge in [0.25, 0.3) is 5.91 Å².